The van der Waals surface area contributed by atoms with Crippen LogP contribution in [-0.2, 0) is 26.5 Å². The van der Waals surface area contributed by atoms with E-state index in [9.17, 15) is 21.9 Å². The number of rotatable bonds is 5. The van der Waals surface area contributed by atoms with Gasteiger partial charge in [-0.05, 0) is 44.9 Å². The van der Waals surface area contributed by atoms with Crippen LogP contribution in [0, 0.1) is 6.92 Å². The van der Waals surface area contributed by atoms with Gasteiger partial charge < -0.3 is 23.8 Å². The summed E-state index contributed by atoms with van der Waals surface area (Å²) in [5.41, 5.74) is 0.830. The second-order valence-electron chi connectivity index (χ2n) is 7.73. The summed E-state index contributed by atoms with van der Waals surface area (Å²) in [6.45, 7) is 8.54. The van der Waals surface area contributed by atoms with Crippen LogP contribution in [0.15, 0.2) is 12.1 Å². The summed E-state index contributed by atoms with van der Waals surface area (Å²) in [6.07, 6.45) is -0.804. The molecule has 1 saturated heterocycles. The van der Waals surface area contributed by atoms with E-state index in [4.69, 9.17) is 9.84 Å². The van der Waals surface area contributed by atoms with Crippen LogP contribution in [-0.4, -0.2) is 62.3 Å². The van der Waals surface area contributed by atoms with Gasteiger partial charge >= 0.3 is 22.6 Å². The molecular weight excluding hydrogens is 407 g/mol. The largest absolute Gasteiger partial charge is 0.488 e. The Labute approximate surface area is 169 Å². The minimum absolute atomic E-state index is 0.307. The molecule has 1 heterocycles. The molecule has 162 valence electrons. The minimum atomic E-state index is -5.26. The monoisotopic (exact) mass is 432 g/mol. The first kappa shape index (κ1) is 22.7. The number of benzene rings is 1. The maximum absolute atomic E-state index is 13.0. The van der Waals surface area contributed by atoms with Gasteiger partial charge in [0, 0.05) is 37.9 Å². The summed E-state index contributed by atoms with van der Waals surface area (Å²) in [5, 5.41) is 9.10. The lowest BCUT2D eigenvalue weighted by Gasteiger charge is -2.37. The van der Waals surface area contributed by atoms with Gasteiger partial charge in [-0.1, -0.05) is 3.89 Å². The first-order valence-electron chi connectivity index (χ1n) is 8.97. The molecule has 0 aliphatic carbocycles. The van der Waals surface area contributed by atoms with E-state index in [1.165, 1.54) is 12.1 Å². The van der Waals surface area contributed by atoms with Crippen LogP contribution in [0.1, 0.15) is 31.9 Å². The predicted molar refractivity (Wildman–Crippen MR) is 103 cm³/mol. The third-order valence-corrected chi connectivity index (χ3v) is 4.66. The van der Waals surface area contributed by atoms with Gasteiger partial charge in [-0.3, -0.25) is 4.79 Å². The van der Waals surface area contributed by atoms with Crippen molar-refractivity contribution in [3.05, 3.63) is 23.3 Å². The quantitative estimate of drug-likeness (QED) is 0.705. The standard InChI is InChI=1S/C18H25FN2O7S/c1-12-13(10-16(22)23)9-14(28-29(19,25)26)11-15(12)20-5-7-21(8-6-20)17(24)27-18(2,3)4/h9,11H,5-8,10H2,1-4H3,(H,22,23). The normalized spacial score (nSPS) is 15.2. The Morgan fingerprint density at radius 2 is 1.76 bits per heavy atom. The van der Waals surface area contributed by atoms with Crippen LogP contribution < -0.4 is 9.08 Å². The number of ether oxygens (including phenoxy) is 1. The molecule has 0 saturated carbocycles. The van der Waals surface area contributed by atoms with E-state index in [2.05, 4.69) is 4.18 Å². The average molecular weight is 432 g/mol. The fourth-order valence-electron chi connectivity index (χ4n) is 3.02. The summed E-state index contributed by atoms with van der Waals surface area (Å²) in [6, 6.07) is 2.54. The lowest BCUT2D eigenvalue weighted by Crippen LogP contribution is -2.50. The molecule has 2 rings (SSSR count). The summed E-state index contributed by atoms with van der Waals surface area (Å²) in [5.74, 6) is -1.42. The number of hydrogen-bond acceptors (Lipinski definition) is 7. The van der Waals surface area contributed by atoms with Crippen molar-refractivity contribution in [2.75, 3.05) is 31.1 Å². The second kappa shape index (κ2) is 8.44. The molecule has 29 heavy (non-hydrogen) atoms. The Hall–Kier alpha value is -2.56. The lowest BCUT2D eigenvalue weighted by molar-refractivity contribution is -0.136. The molecule has 1 aromatic carbocycles. The highest BCUT2D eigenvalue weighted by Gasteiger charge is 2.27. The fourth-order valence-corrected chi connectivity index (χ4v) is 3.35. The Kier molecular flexibility index (Phi) is 6.61. The maximum atomic E-state index is 13.0. The zero-order chi connectivity index (χ0) is 22.0. The molecule has 0 atom stereocenters. The smallest absolute Gasteiger partial charge is 0.481 e. The molecule has 11 heteroatoms. The Balaban J connectivity index is 2.24. The number of carbonyl (C=O) groups is 2. The zero-order valence-electron chi connectivity index (χ0n) is 16.8. The number of nitrogens with zero attached hydrogens (tertiary/aromatic N) is 2. The van der Waals surface area contributed by atoms with E-state index >= 15 is 0 Å². The molecule has 0 unspecified atom stereocenters. The highest BCUT2D eigenvalue weighted by Crippen LogP contribution is 2.31. The number of amides is 1. The zero-order valence-corrected chi connectivity index (χ0v) is 17.6. The van der Waals surface area contributed by atoms with Gasteiger partial charge in [0.25, 0.3) is 0 Å². The van der Waals surface area contributed by atoms with Crippen molar-refractivity contribution < 1.29 is 35.9 Å². The number of halogens is 1. The van der Waals surface area contributed by atoms with Gasteiger partial charge in [0.05, 0.1) is 6.42 Å². The van der Waals surface area contributed by atoms with Crippen LogP contribution in [0.25, 0.3) is 0 Å². The van der Waals surface area contributed by atoms with Crippen LogP contribution >= 0.6 is 0 Å². The highest BCUT2D eigenvalue weighted by molar-refractivity contribution is 7.81. The molecule has 0 bridgehead atoms. The Morgan fingerprint density at radius 3 is 2.24 bits per heavy atom. The summed E-state index contributed by atoms with van der Waals surface area (Å²) >= 11 is 0. The van der Waals surface area contributed by atoms with Gasteiger partial charge in [-0.2, -0.15) is 8.42 Å². The summed E-state index contributed by atoms with van der Waals surface area (Å²) in [4.78, 5) is 26.8. The first-order valence-corrected chi connectivity index (χ1v) is 10.3. The molecule has 0 aromatic heterocycles. The fraction of sp³-hybridized carbons (Fsp3) is 0.556. The molecular formula is C18H25FN2O7S. The molecule has 1 aliphatic rings. The number of carbonyl (C=O) groups excluding carboxylic acids is 1. The Bertz CT molecular complexity index is 888. The van der Waals surface area contributed by atoms with E-state index in [1.807, 2.05) is 4.90 Å². The van der Waals surface area contributed by atoms with Crippen molar-refractivity contribution in [3.63, 3.8) is 0 Å². The molecule has 1 fully saturated rings. The van der Waals surface area contributed by atoms with E-state index in [-0.39, 0.29) is 12.2 Å². The maximum Gasteiger partial charge on any atom is 0.488 e. The third-order valence-electron chi connectivity index (χ3n) is 4.27. The summed E-state index contributed by atoms with van der Waals surface area (Å²) in [7, 11) is -5.26. The van der Waals surface area contributed by atoms with Crippen molar-refractivity contribution >= 4 is 28.3 Å². The molecule has 1 aromatic rings. The van der Waals surface area contributed by atoms with Crippen molar-refractivity contribution in [2.24, 2.45) is 0 Å². The van der Waals surface area contributed by atoms with Gasteiger partial charge in [-0.25, -0.2) is 4.79 Å². The number of hydrogen-bond donors (Lipinski definition) is 1. The topological polar surface area (TPSA) is 113 Å². The second-order valence-corrected chi connectivity index (χ2v) is 8.68. The SMILES string of the molecule is Cc1c(CC(=O)O)cc(OS(=O)(=O)F)cc1N1CCN(C(=O)OC(C)(C)C)CC1. The molecule has 0 spiro atoms. The molecule has 9 nitrogen and oxygen atoms in total. The molecule has 0 radical (unpaired) electrons. The van der Waals surface area contributed by atoms with Crippen molar-refractivity contribution in [1.29, 1.82) is 0 Å². The van der Waals surface area contributed by atoms with Gasteiger partial charge in [-0.15, -0.1) is 0 Å². The average Bonchev–Trinajstić information content (AvgIpc) is 2.54. The van der Waals surface area contributed by atoms with E-state index < -0.39 is 28.2 Å². The van der Waals surface area contributed by atoms with Crippen LogP contribution in [0.3, 0.4) is 0 Å². The number of anilines is 1. The van der Waals surface area contributed by atoms with Crippen molar-refractivity contribution in [2.45, 2.75) is 39.7 Å². The third kappa shape index (κ3) is 6.77. The van der Waals surface area contributed by atoms with Gasteiger partial charge in [0.15, 0.2) is 0 Å². The lowest BCUT2D eigenvalue weighted by atomic mass is 10.0. The molecule has 1 aliphatic heterocycles. The van der Waals surface area contributed by atoms with E-state index in [0.29, 0.717) is 43.0 Å². The van der Waals surface area contributed by atoms with E-state index in [1.54, 1.807) is 32.6 Å². The minimum Gasteiger partial charge on any atom is -0.481 e. The number of carboxylic acid groups (broad SMARTS) is 1. The van der Waals surface area contributed by atoms with Gasteiger partial charge in [0.1, 0.15) is 11.4 Å². The number of carboxylic acids is 1. The van der Waals surface area contributed by atoms with Gasteiger partial charge in [0.2, 0.25) is 0 Å². The van der Waals surface area contributed by atoms with Crippen LogP contribution in [0.4, 0.5) is 14.4 Å². The highest BCUT2D eigenvalue weighted by atomic mass is 32.3. The number of piperazine rings is 1. The summed E-state index contributed by atoms with van der Waals surface area (Å²) < 4.78 is 44.4. The predicted octanol–water partition coefficient (Wildman–Crippen LogP) is 2.27. The van der Waals surface area contributed by atoms with Crippen LogP contribution in [0.5, 0.6) is 5.75 Å². The molecule has 1 amide bonds. The first-order chi connectivity index (χ1) is 13.2. The van der Waals surface area contributed by atoms with Crippen molar-refractivity contribution in [3.8, 4) is 5.75 Å². The Morgan fingerprint density at radius 1 is 1.17 bits per heavy atom. The molecule has 1 N–H and O–H groups in total. The van der Waals surface area contributed by atoms with Crippen molar-refractivity contribution in [1.82, 2.24) is 4.90 Å². The van der Waals surface area contributed by atoms with E-state index in [0.717, 1.165) is 0 Å². The number of aliphatic carboxylic acids is 1. The van der Waals surface area contributed by atoms with Crippen LogP contribution in [0.2, 0.25) is 0 Å².